The van der Waals surface area contributed by atoms with Gasteiger partial charge >= 0.3 is 0 Å². The van der Waals surface area contributed by atoms with Crippen LogP contribution in [0.15, 0.2) is 11.8 Å². The lowest BCUT2D eigenvalue weighted by atomic mass is 9.82. The maximum Gasteiger partial charge on any atom is 0.249 e. The Morgan fingerprint density at radius 2 is 1.95 bits per heavy atom. The molecule has 1 amide bonds. The van der Waals surface area contributed by atoms with E-state index in [4.69, 9.17) is 41.9 Å². The molecule has 14 heteroatoms. The molecule has 3 aliphatic rings. The van der Waals surface area contributed by atoms with Gasteiger partial charge in [0, 0.05) is 12.5 Å². The molecular formula is C27H52N6O8. The molecule has 1 saturated carbocycles. The van der Waals surface area contributed by atoms with Crippen LogP contribution < -0.4 is 33.6 Å². The molecule has 0 spiro atoms. The van der Waals surface area contributed by atoms with E-state index < -0.39 is 66.6 Å². The van der Waals surface area contributed by atoms with Crippen molar-refractivity contribution in [2.45, 2.75) is 113 Å². The molecule has 3 rings (SSSR count). The summed E-state index contributed by atoms with van der Waals surface area (Å²) in [6, 6.07) is -1.96. The van der Waals surface area contributed by atoms with Gasteiger partial charge in [0.1, 0.15) is 30.2 Å². The van der Waals surface area contributed by atoms with Crippen molar-refractivity contribution in [2.24, 2.45) is 28.9 Å². The molecule has 0 aromatic heterocycles. The third-order valence-electron chi connectivity index (χ3n) is 8.19. The van der Waals surface area contributed by atoms with E-state index in [0.29, 0.717) is 38.1 Å². The van der Waals surface area contributed by atoms with E-state index in [1.54, 1.807) is 6.92 Å². The Hall–Kier alpha value is -1.43. The third kappa shape index (κ3) is 9.28. The number of carbonyl (C=O) groups excluding carboxylic acids is 1. The van der Waals surface area contributed by atoms with Crippen LogP contribution in [0.5, 0.6) is 0 Å². The molecule has 0 aromatic carbocycles. The van der Waals surface area contributed by atoms with Gasteiger partial charge in [0.15, 0.2) is 6.29 Å². The zero-order chi connectivity index (χ0) is 30.2. The average molecular weight is 589 g/mol. The van der Waals surface area contributed by atoms with E-state index in [-0.39, 0.29) is 31.9 Å². The molecule has 1 saturated heterocycles. The fourth-order valence-electron chi connectivity index (χ4n) is 5.62. The highest BCUT2D eigenvalue weighted by molar-refractivity contribution is 5.80. The third-order valence-corrected chi connectivity index (χ3v) is 8.19. The number of hydrogen-bond donors (Lipinski definition) is 9. The minimum atomic E-state index is -1.31. The lowest BCUT2D eigenvalue weighted by molar-refractivity contribution is -0.281. The van der Waals surface area contributed by atoms with Gasteiger partial charge in [-0.1, -0.05) is 13.3 Å². The first-order valence-electron chi connectivity index (χ1n) is 14.8. The molecule has 14 nitrogen and oxygen atoms in total. The summed E-state index contributed by atoms with van der Waals surface area (Å²) in [5.41, 5.74) is 22.8. The number of rotatable bonds is 14. The molecule has 1 aliphatic carbocycles. The zero-order valence-corrected chi connectivity index (χ0v) is 24.3. The highest BCUT2D eigenvalue weighted by atomic mass is 16.7. The summed E-state index contributed by atoms with van der Waals surface area (Å²) in [6.45, 7) is 5.70. The summed E-state index contributed by atoms with van der Waals surface area (Å²) < 4.78 is 24.3. The Morgan fingerprint density at radius 1 is 1.20 bits per heavy atom. The molecule has 0 radical (unpaired) electrons. The van der Waals surface area contributed by atoms with E-state index in [9.17, 15) is 20.1 Å². The maximum absolute atomic E-state index is 12.7. The Bertz CT molecular complexity index is 851. The summed E-state index contributed by atoms with van der Waals surface area (Å²) in [6.07, 6.45) is -1.53. The maximum atomic E-state index is 12.7. The Balaban J connectivity index is 1.73. The summed E-state index contributed by atoms with van der Waals surface area (Å²) in [5, 5.41) is 38.4. The first kappa shape index (κ1) is 34.1. The van der Waals surface area contributed by atoms with Crippen molar-refractivity contribution in [3.05, 3.63) is 11.8 Å². The van der Waals surface area contributed by atoms with Crippen LogP contribution >= 0.6 is 0 Å². The van der Waals surface area contributed by atoms with E-state index in [1.807, 2.05) is 13.0 Å². The minimum Gasteiger partial charge on any atom is -0.467 e. The van der Waals surface area contributed by atoms with Crippen LogP contribution in [-0.4, -0.2) is 115 Å². The summed E-state index contributed by atoms with van der Waals surface area (Å²) in [5.74, 6) is -0.0537. The first-order chi connectivity index (χ1) is 19.5. The zero-order valence-electron chi connectivity index (χ0n) is 24.3. The van der Waals surface area contributed by atoms with Gasteiger partial charge < -0.3 is 67.8 Å². The molecule has 238 valence electrons. The summed E-state index contributed by atoms with van der Waals surface area (Å²) in [7, 11) is 0. The second kappa shape index (κ2) is 15.9. The van der Waals surface area contributed by atoms with E-state index >= 15 is 0 Å². The fourth-order valence-corrected chi connectivity index (χ4v) is 5.62. The molecule has 11 atom stereocenters. The number of nitrogens with one attached hydrogen (secondary N) is 2. The quantitative estimate of drug-likeness (QED) is 0.0951. The standard InChI is InChI=1S/C27H52N6O8/c1-3-15-11-21(38-14-27(15,2)37)40-24-19(33-25(36)20(34)7-9-29)12-18(31)23(22(24)35)41-26-17(30)6-5-16(39-26)13-32-10-4-8-28/h5,15,17-24,26,32,34-35,37H,3-4,6-14,28-31H2,1-2H3,(H,33,36)/t15-,17-,18?,19?,20+,21?,22+,23-,24+,26-,27+/m1/s1. The molecule has 0 bridgehead atoms. The largest absolute Gasteiger partial charge is 0.467 e. The van der Waals surface area contributed by atoms with Crippen LogP contribution in [0, 0.1) is 5.92 Å². The number of ether oxygens (including phenoxy) is 4. The van der Waals surface area contributed by atoms with Crippen molar-refractivity contribution >= 4 is 5.91 Å². The van der Waals surface area contributed by atoms with Crippen molar-refractivity contribution in [3.8, 4) is 0 Å². The van der Waals surface area contributed by atoms with Crippen LogP contribution in [0.25, 0.3) is 0 Å². The number of amides is 1. The van der Waals surface area contributed by atoms with Crippen molar-refractivity contribution < 1.29 is 39.1 Å². The SMILES string of the molecule is CC[C@@H]1CC(O[C@H]2C(NC(=O)[C@@H](O)CCN)CC(N)[C@@H](O[C@H]3OC(CNCCCN)=CC[C@H]3N)[C@@H]2O)OC[C@]1(C)O. The predicted octanol–water partition coefficient (Wildman–Crippen LogP) is -2.54. The van der Waals surface area contributed by atoms with E-state index in [2.05, 4.69) is 10.6 Å². The second-order valence-electron chi connectivity index (χ2n) is 11.6. The van der Waals surface area contributed by atoms with Crippen LogP contribution in [0.3, 0.4) is 0 Å². The lowest BCUT2D eigenvalue weighted by Gasteiger charge is -2.47. The topological polar surface area (TPSA) is 243 Å². The Labute approximate surface area is 242 Å². The molecule has 2 heterocycles. The van der Waals surface area contributed by atoms with Gasteiger partial charge in [-0.2, -0.15) is 0 Å². The Kier molecular flexibility index (Phi) is 13.2. The summed E-state index contributed by atoms with van der Waals surface area (Å²) in [4.78, 5) is 12.7. The van der Waals surface area contributed by atoms with Crippen molar-refractivity contribution in [2.75, 3.05) is 32.8 Å². The van der Waals surface area contributed by atoms with E-state index in [1.165, 1.54) is 0 Å². The monoisotopic (exact) mass is 588 g/mol. The smallest absolute Gasteiger partial charge is 0.249 e. The lowest BCUT2D eigenvalue weighted by Crippen LogP contribution is -2.67. The van der Waals surface area contributed by atoms with Crippen molar-refractivity contribution in [3.63, 3.8) is 0 Å². The Morgan fingerprint density at radius 3 is 2.63 bits per heavy atom. The number of carbonyl (C=O) groups is 1. The molecule has 3 unspecified atom stereocenters. The highest BCUT2D eigenvalue weighted by Gasteiger charge is 2.49. The second-order valence-corrected chi connectivity index (χ2v) is 11.6. The average Bonchev–Trinajstić information content (AvgIpc) is 2.93. The van der Waals surface area contributed by atoms with Gasteiger partial charge in [-0.15, -0.1) is 0 Å². The molecule has 2 aliphatic heterocycles. The molecular weight excluding hydrogens is 536 g/mol. The molecule has 13 N–H and O–H groups in total. The molecule has 0 aromatic rings. The molecule has 41 heavy (non-hydrogen) atoms. The van der Waals surface area contributed by atoms with Gasteiger partial charge in [0.25, 0.3) is 0 Å². The normalized spacial score (nSPS) is 38.6. The van der Waals surface area contributed by atoms with Crippen LogP contribution in [0.1, 0.15) is 52.4 Å². The minimum absolute atomic E-state index is 0.0594. The van der Waals surface area contributed by atoms with E-state index in [0.717, 1.165) is 13.0 Å². The van der Waals surface area contributed by atoms with Gasteiger partial charge in [-0.25, -0.2) is 0 Å². The van der Waals surface area contributed by atoms with Crippen LogP contribution in [-0.2, 0) is 23.7 Å². The predicted molar refractivity (Wildman–Crippen MR) is 151 cm³/mol. The van der Waals surface area contributed by atoms with Gasteiger partial charge in [0.05, 0.1) is 30.8 Å². The van der Waals surface area contributed by atoms with Gasteiger partial charge in [-0.3, -0.25) is 4.79 Å². The number of aliphatic hydroxyl groups excluding tert-OH is 2. The number of aliphatic hydroxyl groups is 3. The summed E-state index contributed by atoms with van der Waals surface area (Å²) >= 11 is 0. The highest BCUT2D eigenvalue weighted by Crippen LogP contribution is 2.35. The fraction of sp³-hybridized carbons (Fsp3) is 0.889. The van der Waals surface area contributed by atoms with Gasteiger partial charge in [0.2, 0.25) is 12.2 Å². The van der Waals surface area contributed by atoms with Crippen molar-refractivity contribution in [1.29, 1.82) is 0 Å². The first-order valence-corrected chi connectivity index (χ1v) is 14.8. The van der Waals surface area contributed by atoms with Crippen LogP contribution in [0.2, 0.25) is 0 Å². The van der Waals surface area contributed by atoms with Gasteiger partial charge in [-0.05, 0) is 64.2 Å². The van der Waals surface area contributed by atoms with Crippen molar-refractivity contribution in [1.82, 2.24) is 10.6 Å². The van der Waals surface area contributed by atoms with Crippen LogP contribution in [0.4, 0.5) is 0 Å². The number of nitrogens with two attached hydrogens (primary N) is 4. The molecule has 2 fully saturated rings. The number of hydrogen-bond acceptors (Lipinski definition) is 13.